The van der Waals surface area contributed by atoms with Crippen LogP contribution in [0.1, 0.15) is 12.8 Å². The summed E-state index contributed by atoms with van der Waals surface area (Å²) in [6.07, 6.45) is 1.43. The van der Waals surface area contributed by atoms with Gasteiger partial charge in [-0.2, -0.15) is 0 Å². The average Bonchev–Trinajstić information content (AvgIpc) is 3.10. The highest BCUT2D eigenvalue weighted by Gasteiger charge is 2.24. The topological polar surface area (TPSA) is 42.0 Å². The van der Waals surface area contributed by atoms with Crippen LogP contribution in [0.2, 0.25) is 0 Å². The van der Waals surface area contributed by atoms with Gasteiger partial charge >= 0.3 is 0 Å². The number of nitrogens with zero attached hydrogens (tertiary/aromatic N) is 2. The van der Waals surface area contributed by atoms with E-state index in [-0.39, 0.29) is 24.7 Å². The SMILES string of the molecule is O=C(CCOc1ccccc1F)N1CCN(CC2CCOC2)CC1. The van der Waals surface area contributed by atoms with E-state index in [1.807, 2.05) is 4.90 Å². The lowest BCUT2D eigenvalue weighted by Gasteiger charge is -2.35. The highest BCUT2D eigenvalue weighted by molar-refractivity contribution is 5.76. The largest absolute Gasteiger partial charge is 0.490 e. The summed E-state index contributed by atoms with van der Waals surface area (Å²) in [4.78, 5) is 16.5. The van der Waals surface area contributed by atoms with Crippen LogP contribution in [0.25, 0.3) is 0 Å². The van der Waals surface area contributed by atoms with E-state index in [1.165, 1.54) is 6.07 Å². The van der Waals surface area contributed by atoms with Crippen molar-refractivity contribution < 1.29 is 18.7 Å². The number of carbonyl (C=O) groups excluding carboxylic acids is 1. The third-order valence-corrected chi connectivity index (χ3v) is 4.68. The number of hydrogen-bond acceptors (Lipinski definition) is 4. The maximum atomic E-state index is 13.4. The van der Waals surface area contributed by atoms with E-state index in [0.717, 1.165) is 52.4 Å². The highest BCUT2D eigenvalue weighted by atomic mass is 19.1. The van der Waals surface area contributed by atoms with E-state index < -0.39 is 5.82 Å². The number of carbonyl (C=O) groups is 1. The molecule has 132 valence electrons. The fourth-order valence-electron chi connectivity index (χ4n) is 3.24. The molecule has 0 aromatic heterocycles. The van der Waals surface area contributed by atoms with Gasteiger partial charge in [0, 0.05) is 39.3 Å². The zero-order chi connectivity index (χ0) is 16.8. The van der Waals surface area contributed by atoms with Crippen LogP contribution < -0.4 is 4.74 Å². The number of halogens is 1. The van der Waals surface area contributed by atoms with Crippen molar-refractivity contribution in [1.82, 2.24) is 9.80 Å². The average molecular weight is 336 g/mol. The Bertz CT molecular complexity index is 541. The Labute approximate surface area is 142 Å². The number of rotatable bonds is 6. The van der Waals surface area contributed by atoms with E-state index in [4.69, 9.17) is 9.47 Å². The normalized spacial score (nSPS) is 21.9. The van der Waals surface area contributed by atoms with Gasteiger partial charge in [-0.25, -0.2) is 4.39 Å². The number of benzene rings is 1. The number of amides is 1. The molecule has 1 aromatic carbocycles. The molecule has 1 aromatic rings. The second-order valence-electron chi connectivity index (χ2n) is 6.44. The van der Waals surface area contributed by atoms with Gasteiger partial charge < -0.3 is 14.4 Å². The van der Waals surface area contributed by atoms with Crippen molar-refractivity contribution >= 4 is 5.91 Å². The predicted octanol–water partition coefficient (Wildman–Crippen LogP) is 1.78. The number of ether oxygens (including phenoxy) is 2. The van der Waals surface area contributed by atoms with Crippen LogP contribution in [-0.4, -0.2) is 68.3 Å². The van der Waals surface area contributed by atoms with Crippen molar-refractivity contribution in [1.29, 1.82) is 0 Å². The molecule has 2 aliphatic heterocycles. The maximum absolute atomic E-state index is 13.4. The number of piperazine rings is 1. The smallest absolute Gasteiger partial charge is 0.226 e. The first-order valence-corrected chi connectivity index (χ1v) is 8.67. The van der Waals surface area contributed by atoms with E-state index in [2.05, 4.69) is 4.90 Å². The molecule has 2 fully saturated rings. The molecule has 2 aliphatic rings. The predicted molar refractivity (Wildman–Crippen MR) is 88.5 cm³/mol. The minimum atomic E-state index is -0.394. The summed E-state index contributed by atoms with van der Waals surface area (Å²) in [5.74, 6) is 0.528. The van der Waals surface area contributed by atoms with E-state index in [1.54, 1.807) is 18.2 Å². The Morgan fingerprint density at radius 3 is 2.75 bits per heavy atom. The molecule has 0 bridgehead atoms. The molecular weight excluding hydrogens is 311 g/mol. The van der Waals surface area contributed by atoms with Crippen molar-refractivity contribution in [3.05, 3.63) is 30.1 Å². The van der Waals surface area contributed by atoms with Crippen molar-refractivity contribution in [3.63, 3.8) is 0 Å². The van der Waals surface area contributed by atoms with Crippen molar-refractivity contribution in [2.45, 2.75) is 12.8 Å². The van der Waals surface area contributed by atoms with Gasteiger partial charge in [-0.3, -0.25) is 9.69 Å². The molecule has 1 unspecified atom stereocenters. The fourth-order valence-corrected chi connectivity index (χ4v) is 3.24. The quantitative estimate of drug-likeness (QED) is 0.794. The van der Waals surface area contributed by atoms with Crippen LogP contribution in [0.5, 0.6) is 5.75 Å². The third-order valence-electron chi connectivity index (χ3n) is 4.68. The van der Waals surface area contributed by atoms with Crippen LogP contribution >= 0.6 is 0 Å². The van der Waals surface area contributed by atoms with Gasteiger partial charge in [0.1, 0.15) is 0 Å². The van der Waals surface area contributed by atoms with Gasteiger partial charge in [0.15, 0.2) is 11.6 Å². The summed E-state index contributed by atoms with van der Waals surface area (Å²) in [6.45, 7) is 6.36. The van der Waals surface area contributed by atoms with Gasteiger partial charge in [0.25, 0.3) is 0 Å². The second-order valence-corrected chi connectivity index (χ2v) is 6.44. The Morgan fingerprint density at radius 1 is 1.25 bits per heavy atom. The van der Waals surface area contributed by atoms with Crippen molar-refractivity contribution in [2.75, 3.05) is 52.5 Å². The molecule has 0 saturated carbocycles. The third kappa shape index (κ3) is 4.68. The molecule has 6 heteroatoms. The van der Waals surface area contributed by atoms with E-state index in [0.29, 0.717) is 5.92 Å². The first-order valence-electron chi connectivity index (χ1n) is 8.67. The molecule has 0 spiro atoms. The van der Waals surface area contributed by atoms with Crippen molar-refractivity contribution in [3.8, 4) is 5.75 Å². The minimum absolute atomic E-state index is 0.0789. The summed E-state index contributed by atoms with van der Waals surface area (Å²) in [7, 11) is 0. The molecule has 2 heterocycles. The van der Waals surface area contributed by atoms with Gasteiger partial charge in [0.2, 0.25) is 5.91 Å². The Kier molecular flexibility index (Phi) is 6.04. The van der Waals surface area contributed by atoms with Gasteiger partial charge in [-0.05, 0) is 24.5 Å². The molecule has 0 radical (unpaired) electrons. The number of para-hydroxylation sites is 1. The minimum Gasteiger partial charge on any atom is -0.490 e. The molecule has 24 heavy (non-hydrogen) atoms. The zero-order valence-corrected chi connectivity index (χ0v) is 14.0. The molecule has 1 atom stereocenters. The Balaban J connectivity index is 1.35. The van der Waals surface area contributed by atoms with Crippen LogP contribution in [0, 0.1) is 11.7 Å². The Hall–Kier alpha value is -1.66. The second kappa shape index (κ2) is 8.44. The van der Waals surface area contributed by atoms with Crippen LogP contribution in [0.3, 0.4) is 0 Å². The first kappa shape index (κ1) is 17.2. The molecule has 2 saturated heterocycles. The molecule has 5 nitrogen and oxygen atoms in total. The summed E-state index contributed by atoms with van der Waals surface area (Å²) in [5.41, 5.74) is 0. The number of hydrogen-bond donors (Lipinski definition) is 0. The molecule has 1 amide bonds. The summed E-state index contributed by atoms with van der Waals surface area (Å²) in [5, 5.41) is 0. The first-order chi connectivity index (χ1) is 11.7. The summed E-state index contributed by atoms with van der Waals surface area (Å²) in [6, 6.07) is 6.26. The molecule has 0 N–H and O–H groups in total. The van der Waals surface area contributed by atoms with Gasteiger partial charge in [-0.1, -0.05) is 12.1 Å². The van der Waals surface area contributed by atoms with Gasteiger partial charge in [-0.15, -0.1) is 0 Å². The molecular formula is C18H25FN2O3. The molecule has 0 aliphatic carbocycles. The lowest BCUT2D eigenvalue weighted by molar-refractivity contribution is -0.133. The lowest BCUT2D eigenvalue weighted by atomic mass is 10.1. The lowest BCUT2D eigenvalue weighted by Crippen LogP contribution is -2.50. The van der Waals surface area contributed by atoms with Crippen LogP contribution in [0.4, 0.5) is 4.39 Å². The standard InChI is InChI=1S/C18H25FN2O3/c19-16-3-1-2-4-17(16)24-12-6-18(22)21-9-7-20(8-10-21)13-15-5-11-23-14-15/h1-4,15H,5-14H2. The summed E-state index contributed by atoms with van der Waals surface area (Å²) < 4.78 is 24.2. The van der Waals surface area contributed by atoms with Gasteiger partial charge in [0.05, 0.1) is 19.6 Å². The maximum Gasteiger partial charge on any atom is 0.226 e. The monoisotopic (exact) mass is 336 g/mol. The van der Waals surface area contributed by atoms with Crippen molar-refractivity contribution in [2.24, 2.45) is 5.92 Å². The van der Waals surface area contributed by atoms with E-state index >= 15 is 0 Å². The fraction of sp³-hybridized carbons (Fsp3) is 0.611. The van der Waals surface area contributed by atoms with Crippen LogP contribution in [-0.2, 0) is 9.53 Å². The summed E-state index contributed by atoms with van der Waals surface area (Å²) >= 11 is 0. The van der Waals surface area contributed by atoms with E-state index in [9.17, 15) is 9.18 Å². The zero-order valence-electron chi connectivity index (χ0n) is 14.0. The van der Waals surface area contributed by atoms with Crippen LogP contribution in [0.15, 0.2) is 24.3 Å². The highest BCUT2D eigenvalue weighted by Crippen LogP contribution is 2.17. The molecule has 3 rings (SSSR count). The Morgan fingerprint density at radius 2 is 2.04 bits per heavy atom.